The van der Waals surface area contributed by atoms with Gasteiger partial charge in [-0.2, -0.15) is 0 Å². The second-order valence-corrected chi connectivity index (χ2v) is 9.54. The molecule has 5 unspecified atom stereocenters. The van der Waals surface area contributed by atoms with E-state index in [0.717, 1.165) is 6.54 Å². The summed E-state index contributed by atoms with van der Waals surface area (Å²) in [4.78, 5) is 14.8. The molecule has 3 aliphatic rings. The SMILES string of the molecule is CC(=O)C1CN(C)C2(C3CCCCCCC3)C1CC(O)C(O)C2(C)C. The molecular formula is C21H37NO3. The minimum absolute atomic E-state index is 0.0168. The van der Waals surface area contributed by atoms with Crippen LogP contribution >= 0.6 is 0 Å². The zero-order chi connectivity index (χ0) is 18.4. The summed E-state index contributed by atoms with van der Waals surface area (Å²) in [5, 5.41) is 21.5. The van der Waals surface area contributed by atoms with Gasteiger partial charge in [-0.1, -0.05) is 46.0 Å². The molecule has 4 heteroatoms. The molecule has 4 nitrogen and oxygen atoms in total. The fraction of sp³-hybridized carbons (Fsp3) is 0.952. The first kappa shape index (κ1) is 19.3. The van der Waals surface area contributed by atoms with Crippen molar-refractivity contribution in [1.29, 1.82) is 0 Å². The average molecular weight is 352 g/mol. The van der Waals surface area contributed by atoms with Gasteiger partial charge in [-0.25, -0.2) is 0 Å². The van der Waals surface area contributed by atoms with Gasteiger partial charge in [0.05, 0.1) is 12.2 Å². The van der Waals surface area contributed by atoms with Crippen LogP contribution in [0.3, 0.4) is 0 Å². The van der Waals surface area contributed by atoms with Crippen molar-refractivity contribution in [3.05, 3.63) is 0 Å². The van der Waals surface area contributed by atoms with E-state index >= 15 is 0 Å². The Bertz CT molecular complexity index is 497. The number of likely N-dealkylation sites (tertiary alicyclic amines) is 1. The number of aliphatic hydroxyl groups excluding tert-OH is 2. The van der Waals surface area contributed by atoms with Gasteiger partial charge in [0.2, 0.25) is 0 Å². The molecule has 2 saturated carbocycles. The molecular weight excluding hydrogens is 314 g/mol. The average Bonchev–Trinajstić information content (AvgIpc) is 2.80. The third-order valence-electron chi connectivity index (χ3n) is 8.03. The predicted octanol–water partition coefficient (Wildman–Crippen LogP) is 3.00. The van der Waals surface area contributed by atoms with Crippen LogP contribution in [0, 0.1) is 23.2 Å². The number of carbonyl (C=O) groups is 1. The first-order valence-electron chi connectivity index (χ1n) is 10.3. The Hall–Kier alpha value is -0.450. The molecule has 0 aromatic heterocycles. The van der Waals surface area contributed by atoms with E-state index in [1.807, 2.05) is 0 Å². The monoisotopic (exact) mass is 351 g/mol. The van der Waals surface area contributed by atoms with E-state index in [2.05, 4.69) is 25.8 Å². The lowest BCUT2D eigenvalue weighted by molar-refractivity contribution is -0.192. The van der Waals surface area contributed by atoms with E-state index in [-0.39, 0.29) is 23.2 Å². The molecule has 0 bridgehead atoms. The van der Waals surface area contributed by atoms with E-state index in [9.17, 15) is 15.0 Å². The van der Waals surface area contributed by atoms with E-state index < -0.39 is 17.6 Å². The van der Waals surface area contributed by atoms with Crippen molar-refractivity contribution in [3.63, 3.8) is 0 Å². The van der Waals surface area contributed by atoms with Crippen molar-refractivity contribution in [2.45, 2.75) is 89.9 Å². The van der Waals surface area contributed by atoms with Gasteiger partial charge in [-0.15, -0.1) is 0 Å². The van der Waals surface area contributed by atoms with Crippen LogP contribution in [0.25, 0.3) is 0 Å². The normalized spacial score (nSPS) is 43.3. The van der Waals surface area contributed by atoms with Crippen molar-refractivity contribution in [1.82, 2.24) is 4.90 Å². The molecule has 2 N–H and O–H groups in total. The van der Waals surface area contributed by atoms with E-state index in [1.54, 1.807) is 6.92 Å². The fourth-order valence-corrected chi connectivity index (χ4v) is 7.03. The summed E-state index contributed by atoms with van der Waals surface area (Å²) < 4.78 is 0. The molecule has 3 fully saturated rings. The maximum atomic E-state index is 12.4. The maximum absolute atomic E-state index is 12.4. The van der Waals surface area contributed by atoms with Gasteiger partial charge in [-0.05, 0) is 45.1 Å². The summed E-state index contributed by atoms with van der Waals surface area (Å²) in [6.45, 7) is 6.73. The molecule has 1 aliphatic heterocycles. The summed E-state index contributed by atoms with van der Waals surface area (Å²) in [7, 11) is 2.15. The Balaban J connectivity index is 2.08. The van der Waals surface area contributed by atoms with Crippen LogP contribution in [0.5, 0.6) is 0 Å². The fourth-order valence-electron chi connectivity index (χ4n) is 7.03. The van der Waals surface area contributed by atoms with Gasteiger partial charge in [0.1, 0.15) is 5.78 Å². The maximum Gasteiger partial charge on any atom is 0.134 e. The second-order valence-electron chi connectivity index (χ2n) is 9.54. The Morgan fingerprint density at radius 2 is 1.60 bits per heavy atom. The topological polar surface area (TPSA) is 60.8 Å². The first-order chi connectivity index (χ1) is 11.7. The van der Waals surface area contributed by atoms with Crippen LogP contribution in [0.2, 0.25) is 0 Å². The van der Waals surface area contributed by atoms with Crippen LogP contribution in [0.15, 0.2) is 0 Å². The van der Waals surface area contributed by atoms with Crippen molar-refractivity contribution < 1.29 is 15.0 Å². The number of Topliss-reactive ketones (excluding diaryl/α,β-unsaturated/α-hetero) is 1. The third kappa shape index (κ3) is 2.80. The number of aliphatic hydroxyl groups is 2. The van der Waals surface area contributed by atoms with E-state index in [0.29, 0.717) is 12.3 Å². The number of hydrogen-bond donors (Lipinski definition) is 2. The number of nitrogens with zero attached hydrogens (tertiary/aromatic N) is 1. The Labute approximate surface area is 153 Å². The standard InChI is InChI=1S/C21H37NO3/c1-14(23)16-13-22(4)21(15-10-8-6-5-7-9-11-15)17(16)12-18(24)19(25)20(21,2)3/h15-19,24-25H,5-13H2,1-4H3. The molecule has 2 aliphatic carbocycles. The van der Waals surface area contributed by atoms with Gasteiger partial charge in [0.15, 0.2) is 0 Å². The minimum atomic E-state index is -0.734. The quantitative estimate of drug-likeness (QED) is 0.803. The van der Waals surface area contributed by atoms with Gasteiger partial charge in [0, 0.05) is 23.4 Å². The van der Waals surface area contributed by atoms with Crippen LogP contribution in [-0.2, 0) is 4.79 Å². The summed E-state index contributed by atoms with van der Waals surface area (Å²) in [6.07, 6.45) is 7.85. The molecule has 1 saturated heterocycles. The van der Waals surface area contributed by atoms with Crippen molar-refractivity contribution in [3.8, 4) is 0 Å². The Kier molecular flexibility index (Phi) is 5.36. The molecule has 1 heterocycles. The lowest BCUT2D eigenvalue weighted by Gasteiger charge is -2.62. The molecule has 3 rings (SSSR count). The van der Waals surface area contributed by atoms with Gasteiger partial charge >= 0.3 is 0 Å². The molecule has 0 aromatic rings. The van der Waals surface area contributed by atoms with Gasteiger partial charge < -0.3 is 10.2 Å². The largest absolute Gasteiger partial charge is 0.390 e. The number of hydrogen-bond acceptors (Lipinski definition) is 4. The number of fused-ring (bicyclic) bond motifs is 1. The lowest BCUT2D eigenvalue weighted by atomic mass is 9.49. The van der Waals surface area contributed by atoms with Crippen LogP contribution in [-0.4, -0.2) is 52.2 Å². The minimum Gasteiger partial charge on any atom is -0.390 e. The van der Waals surface area contributed by atoms with Gasteiger partial charge in [-0.3, -0.25) is 9.69 Å². The smallest absolute Gasteiger partial charge is 0.134 e. The van der Waals surface area contributed by atoms with Crippen LogP contribution in [0.1, 0.15) is 72.1 Å². The molecule has 25 heavy (non-hydrogen) atoms. The third-order valence-corrected chi connectivity index (χ3v) is 8.03. The highest BCUT2D eigenvalue weighted by Gasteiger charge is 2.68. The number of carbonyl (C=O) groups excluding carboxylic acids is 1. The van der Waals surface area contributed by atoms with E-state index in [4.69, 9.17) is 0 Å². The molecule has 0 amide bonds. The second kappa shape index (κ2) is 6.94. The summed E-state index contributed by atoms with van der Waals surface area (Å²) >= 11 is 0. The summed E-state index contributed by atoms with van der Waals surface area (Å²) in [6, 6.07) is 0. The van der Waals surface area contributed by atoms with Crippen molar-refractivity contribution in [2.75, 3.05) is 13.6 Å². The lowest BCUT2D eigenvalue weighted by Crippen LogP contribution is -2.70. The number of ketones is 1. The zero-order valence-electron chi connectivity index (χ0n) is 16.5. The molecule has 0 spiro atoms. The van der Waals surface area contributed by atoms with Crippen molar-refractivity contribution in [2.24, 2.45) is 23.2 Å². The Morgan fingerprint density at radius 1 is 1.04 bits per heavy atom. The highest BCUT2D eigenvalue weighted by Crippen LogP contribution is 2.61. The highest BCUT2D eigenvalue weighted by atomic mass is 16.3. The molecule has 0 radical (unpaired) electrons. The Morgan fingerprint density at radius 3 is 2.16 bits per heavy atom. The molecule has 144 valence electrons. The number of rotatable bonds is 2. The molecule has 5 atom stereocenters. The van der Waals surface area contributed by atoms with Crippen LogP contribution < -0.4 is 0 Å². The molecule has 0 aromatic carbocycles. The first-order valence-corrected chi connectivity index (χ1v) is 10.3. The van der Waals surface area contributed by atoms with Crippen LogP contribution in [0.4, 0.5) is 0 Å². The van der Waals surface area contributed by atoms with Crippen molar-refractivity contribution >= 4 is 5.78 Å². The highest BCUT2D eigenvalue weighted by molar-refractivity contribution is 5.79. The van der Waals surface area contributed by atoms with Gasteiger partial charge in [0.25, 0.3) is 0 Å². The summed E-state index contributed by atoms with van der Waals surface area (Å²) in [5.74, 6) is 0.859. The zero-order valence-corrected chi connectivity index (χ0v) is 16.5. The predicted molar refractivity (Wildman–Crippen MR) is 99.2 cm³/mol. The van der Waals surface area contributed by atoms with E-state index in [1.165, 1.54) is 44.9 Å². The summed E-state index contributed by atoms with van der Waals surface area (Å²) in [5.41, 5.74) is -0.628.